The summed E-state index contributed by atoms with van der Waals surface area (Å²) in [6, 6.07) is -0.482. The largest absolute Gasteiger partial charge is 0.465 e. The highest BCUT2D eigenvalue weighted by atomic mass is 32.2. The summed E-state index contributed by atoms with van der Waals surface area (Å²) < 4.78 is 10.1. The molecule has 0 saturated carbocycles. The third kappa shape index (κ3) is 5.18. The fourth-order valence-electron chi connectivity index (χ4n) is 1.59. The van der Waals surface area contributed by atoms with Gasteiger partial charge < -0.3 is 15.2 Å². The zero-order chi connectivity index (χ0) is 11.8. The molecule has 0 aromatic rings. The molecule has 1 aliphatic heterocycles. The molecule has 0 aliphatic carbocycles. The minimum absolute atomic E-state index is 0.290. The third-order valence-electron chi connectivity index (χ3n) is 2.58. The van der Waals surface area contributed by atoms with E-state index in [1.807, 2.05) is 0 Å². The van der Waals surface area contributed by atoms with Crippen LogP contribution in [0.1, 0.15) is 19.8 Å². The number of rotatable bonds is 6. The summed E-state index contributed by atoms with van der Waals surface area (Å²) >= 11 is 1.74. The average Bonchev–Trinajstić information content (AvgIpc) is 2.30. The van der Waals surface area contributed by atoms with Gasteiger partial charge in [-0.05, 0) is 31.4 Å². The standard InChI is InChI=1S/C11H21NO3S/c1-2-15-11(13)10(12)8-16-7-9-3-5-14-6-4-9/h9-10H,2-8,12H2,1H3. The Balaban J connectivity index is 2.07. The van der Waals surface area contributed by atoms with Crippen LogP contribution < -0.4 is 5.73 Å². The van der Waals surface area contributed by atoms with Crippen molar-refractivity contribution in [3.8, 4) is 0 Å². The summed E-state index contributed by atoms with van der Waals surface area (Å²) in [6.07, 6.45) is 2.25. The van der Waals surface area contributed by atoms with E-state index in [0.717, 1.165) is 31.8 Å². The van der Waals surface area contributed by atoms with Crippen LogP contribution in [0.15, 0.2) is 0 Å². The molecule has 0 radical (unpaired) electrons. The molecule has 1 aliphatic rings. The zero-order valence-corrected chi connectivity index (χ0v) is 10.6. The van der Waals surface area contributed by atoms with Gasteiger partial charge in [-0.25, -0.2) is 0 Å². The molecule has 2 N–H and O–H groups in total. The first kappa shape index (κ1) is 13.8. The van der Waals surface area contributed by atoms with Gasteiger partial charge in [0.2, 0.25) is 0 Å². The molecule has 0 amide bonds. The minimum Gasteiger partial charge on any atom is -0.465 e. The molecule has 0 spiro atoms. The van der Waals surface area contributed by atoms with Crippen molar-refractivity contribution in [2.45, 2.75) is 25.8 Å². The summed E-state index contributed by atoms with van der Waals surface area (Å²) in [5, 5.41) is 0. The lowest BCUT2D eigenvalue weighted by Crippen LogP contribution is -2.35. The van der Waals surface area contributed by atoms with Crippen LogP contribution in [0.5, 0.6) is 0 Å². The van der Waals surface area contributed by atoms with Gasteiger partial charge in [0.25, 0.3) is 0 Å². The Morgan fingerprint density at radius 2 is 2.25 bits per heavy atom. The maximum absolute atomic E-state index is 11.2. The van der Waals surface area contributed by atoms with Crippen LogP contribution in [-0.4, -0.2) is 43.3 Å². The van der Waals surface area contributed by atoms with Gasteiger partial charge in [-0.1, -0.05) is 0 Å². The lowest BCUT2D eigenvalue weighted by molar-refractivity contribution is -0.144. The first-order chi connectivity index (χ1) is 7.74. The minimum atomic E-state index is -0.482. The zero-order valence-electron chi connectivity index (χ0n) is 9.81. The number of nitrogens with two attached hydrogens (primary N) is 1. The van der Waals surface area contributed by atoms with E-state index in [2.05, 4.69) is 0 Å². The normalized spacial score (nSPS) is 19.4. The van der Waals surface area contributed by atoms with E-state index in [1.165, 1.54) is 0 Å². The highest BCUT2D eigenvalue weighted by Crippen LogP contribution is 2.20. The van der Waals surface area contributed by atoms with Crippen LogP contribution >= 0.6 is 11.8 Å². The molecule has 4 nitrogen and oxygen atoms in total. The monoisotopic (exact) mass is 247 g/mol. The summed E-state index contributed by atoms with van der Waals surface area (Å²) in [7, 11) is 0. The topological polar surface area (TPSA) is 61.5 Å². The smallest absolute Gasteiger partial charge is 0.323 e. The van der Waals surface area contributed by atoms with Crippen molar-refractivity contribution in [1.82, 2.24) is 0 Å². The van der Waals surface area contributed by atoms with Crippen LogP contribution in [0.2, 0.25) is 0 Å². The number of ether oxygens (including phenoxy) is 2. The average molecular weight is 247 g/mol. The second-order valence-electron chi connectivity index (χ2n) is 3.95. The van der Waals surface area contributed by atoms with Gasteiger partial charge in [-0.3, -0.25) is 4.79 Å². The van der Waals surface area contributed by atoms with Crippen LogP contribution in [-0.2, 0) is 14.3 Å². The van der Waals surface area contributed by atoms with Crippen molar-refractivity contribution in [1.29, 1.82) is 0 Å². The Bertz CT molecular complexity index is 207. The van der Waals surface area contributed by atoms with E-state index in [0.29, 0.717) is 18.3 Å². The Labute approximate surface area is 101 Å². The highest BCUT2D eigenvalue weighted by molar-refractivity contribution is 7.99. The Morgan fingerprint density at radius 3 is 2.88 bits per heavy atom. The predicted octanol–water partition coefficient (Wildman–Crippen LogP) is 1.04. The fourth-order valence-corrected chi connectivity index (χ4v) is 2.78. The van der Waals surface area contributed by atoms with Crippen molar-refractivity contribution in [3.63, 3.8) is 0 Å². The third-order valence-corrected chi connectivity index (χ3v) is 3.88. The predicted molar refractivity (Wildman–Crippen MR) is 65.5 cm³/mol. The first-order valence-electron chi connectivity index (χ1n) is 5.81. The number of esters is 1. The number of thioether (sulfide) groups is 1. The molecule has 1 unspecified atom stereocenters. The molecule has 1 atom stereocenters. The number of carbonyl (C=O) groups is 1. The second-order valence-corrected chi connectivity index (χ2v) is 5.03. The van der Waals surface area contributed by atoms with E-state index >= 15 is 0 Å². The molecule has 1 heterocycles. The second kappa shape index (κ2) is 7.92. The van der Waals surface area contributed by atoms with Gasteiger partial charge in [0, 0.05) is 19.0 Å². The lowest BCUT2D eigenvalue weighted by Gasteiger charge is -2.21. The molecular formula is C11H21NO3S. The van der Waals surface area contributed by atoms with Gasteiger partial charge in [0.05, 0.1) is 6.61 Å². The van der Waals surface area contributed by atoms with E-state index < -0.39 is 6.04 Å². The van der Waals surface area contributed by atoms with Crippen LogP contribution in [0.3, 0.4) is 0 Å². The SMILES string of the molecule is CCOC(=O)C(N)CSCC1CCOCC1. The number of carbonyl (C=O) groups excluding carboxylic acids is 1. The Hall–Kier alpha value is -0.260. The molecule has 0 aromatic heterocycles. The van der Waals surface area contributed by atoms with Crippen LogP contribution in [0.4, 0.5) is 0 Å². The van der Waals surface area contributed by atoms with Crippen molar-refractivity contribution in [2.24, 2.45) is 11.7 Å². The summed E-state index contributed by atoms with van der Waals surface area (Å²) in [5.74, 6) is 2.14. The highest BCUT2D eigenvalue weighted by Gasteiger charge is 2.17. The van der Waals surface area contributed by atoms with Gasteiger partial charge in [0.15, 0.2) is 0 Å². The van der Waals surface area contributed by atoms with Crippen LogP contribution in [0.25, 0.3) is 0 Å². The molecular weight excluding hydrogens is 226 g/mol. The quantitative estimate of drug-likeness (QED) is 0.711. The number of hydrogen-bond donors (Lipinski definition) is 1. The molecule has 16 heavy (non-hydrogen) atoms. The van der Waals surface area contributed by atoms with Gasteiger partial charge in [-0.2, -0.15) is 11.8 Å². The molecule has 1 fully saturated rings. The van der Waals surface area contributed by atoms with Crippen molar-refractivity contribution < 1.29 is 14.3 Å². The molecule has 5 heteroatoms. The van der Waals surface area contributed by atoms with Crippen molar-refractivity contribution in [2.75, 3.05) is 31.3 Å². The molecule has 0 aromatic carbocycles. The number of hydrogen-bond acceptors (Lipinski definition) is 5. The molecule has 1 saturated heterocycles. The van der Waals surface area contributed by atoms with E-state index in [4.69, 9.17) is 15.2 Å². The Morgan fingerprint density at radius 1 is 1.56 bits per heavy atom. The van der Waals surface area contributed by atoms with E-state index in [-0.39, 0.29) is 5.97 Å². The molecule has 1 rings (SSSR count). The van der Waals surface area contributed by atoms with Crippen molar-refractivity contribution in [3.05, 3.63) is 0 Å². The van der Waals surface area contributed by atoms with E-state index in [9.17, 15) is 4.79 Å². The molecule has 94 valence electrons. The summed E-state index contributed by atoms with van der Waals surface area (Å²) in [5.41, 5.74) is 5.70. The van der Waals surface area contributed by atoms with E-state index in [1.54, 1.807) is 18.7 Å². The summed E-state index contributed by atoms with van der Waals surface area (Å²) in [4.78, 5) is 11.2. The van der Waals surface area contributed by atoms with Crippen LogP contribution in [0, 0.1) is 5.92 Å². The Kier molecular flexibility index (Phi) is 6.84. The van der Waals surface area contributed by atoms with Gasteiger partial charge in [-0.15, -0.1) is 0 Å². The maximum atomic E-state index is 11.2. The maximum Gasteiger partial charge on any atom is 0.323 e. The first-order valence-corrected chi connectivity index (χ1v) is 6.97. The lowest BCUT2D eigenvalue weighted by atomic mass is 10.0. The van der Waals surface area contributed by atoms with Crippen molar-refractivity contribution >= 4 is 17.7 Å². The van der Waals surface area contributed by atoms with Gasteiger partial charge in [0.1, 0.15) is 6.04 Å². The van der Waals surface area contributed by atoms with Gasteiger partial charge >= 0.3 is 5.97 Å². The molecule has 0 bridgehead atoms. The fraction of sp³-hybridized carbons (Fsp3) is 0.909. The summed E-state index contributed by atoms with van der Waals surface area (Å²) in [6.45, 7) is 3.93.